The van der Waals surface area contributed by atoms with E-state index < -0.39 is 0 Å². The summed E-state index contributed by atoms with van der Waals surface area (Å²) in [5.74, 6) is 0. The summed E-state index contributed by atoms with van der Waals surface area (Å²) in [6.07, 6.45) is 10.3. The molecule has 2 aliphatic rings. The Bertz CT molecular complexity index is 193. The van der Waals surface area contributed by atoms with E-state index in [-0.39, 0.29) is 6.10 Å². The van der Waals surface area contributed by atoms with Crippen LogP contribution in [-0.2, 0) is 4.74 Å². The van der Waals surface area contributed by atoms with Crippen LogP contribution in [0.25, 0.3) is 0 Å². The lowest BCUT2D eigenvalue weighted by atomic mass is 9.61. The molecule has 0 spiro atoms. The summed E-state index contributed by atoms with van der Waals surface area (Å²) in [5, 5.41) is 9.49. The SMILES string of the molecule is CCCCC1(CCC2CCO2)CC(O)C1. The quantitative estimate of drug-likeness (QED) is 0.733. The number of aliphatic hydroxyl groups is 1. The maximum Gasteiger partial charge on any atom is 0.0597 e. The number of hydrogen-bond donors (Lipinski definition) is 1. The molecule has 1 N–H and O–H groups in total. The van der Waals surface area contributed by atoms with Crippen LogP contribution in [0.3, 0.4) is 0 Å². The first-order chi connectivity index (χ1) is 7.24. The molecule has 1 aliphatic heterocycles. The highest BCUT2D eigenvalue weighted by Gasteiger charge is 2.42. The average Bonchev–Trinajstić information content (AvgIpc) is 2.09. The summed E-state index contributed by atoms with van der Waals surface area (Å²) >= 11 is 0. The first-order valence-electron chi connectivity index (χ1n) is 6.54. The Kier molecular flexibility index (Phi) is 3.68. The van der Waals surface area contributed by atoms with Gasteiger partial charge in [0, 0.05) is 6.61 Å². The van der Waals surface area contributed by atoms with Gasteiger partial charge in [0.05, 0.1) is 12.2 Å². The van der Waals surface area contributed by atoms with Crippen LogP contribution >= 0.6 is 0 Å². The molecule has 2 fully saturated rings. The molecule has 2 nitrogen and oxygen atoms in total. The van der Waals surface area contributed by atoms with E-state index in [1.807, 2.05) is 0 Å². The molecule has 0 aromatic heterocycles. The van der Waals surface area contributed by atoms with Crippen LogP contribution in [-0.4, -0.2) is 23.9 Å². The summed E-state index contributed by atoms with van der Waals surface area (Å²) in [4.78, 5) is 0. The Morgan fingerprint density at radius 2 is 2.07 bits per heavy atom. The number of rotatable bonds is 6. The van der Waals surface area contributed by atoms with E-state index in [1.54, 1.807) is 0 Å². The van der Waals surface area contributed by atoms with Gasteiger partial charge >= 0.3 is 0 Å². The molecular weight excluding hydrogens is 188 g/mol. The Balaban J connectivity index is 1.72. The molecule has 1 heterocycles. The maximum atomic E-state index is 9.49. The molecule has 0 aromatic carbocycles. The second kappa shape index (κ2) is 4.84. The first kappa shape index (κ1) is 11.4. The van der Waals surface area contributed by atoms with Gasteiger partial charge in [0.1, 0.15) is 0 Å². The Morgan fingerprint density at radius 3 is 2.53 bits per heavy atom. The summed E-state index contributed by atoms with van der Waals surface area (Å²) < 4.78 is 5.46. The van der Waals surface area contributed by atoms with Gasteiger partial charge in [0.15, 0.2) is 0 Å². The van der Waals surface area contributed by atoms with Gasteiger partial charge < -0.3 is 9.84 Å². The smallest absolute Gasteiger partial charge is 0.0597 e. The fraction of sp³-hybridized carbons (Fsp3) is 1.00. The molecule has 15 heavy (non-hydrogen) atoms. The minimum atomic E-state index is -0.0100. The number of hydrogen-bond acceptors (Lipinski definition) is 2. The highest BCUT2D eigenvalue weighted by Crippen LogP contribution is 2.49. The van der Waals surface area contributed by atoms with Gasteiger partial charge in [-0.15, -0.1) is 0 Å². The molecule has 1 saturated heterocycles. The van der Waals surface area contributed by atoms with Crippen molar-refractivity contribution in [3.8, 4) is 0 Å². The molecule has 88 valence electrons. The van der Waals surface area contributed by atoms with E-state index >= 15 is 0 Å². The van der Waals surface area contributed by atoms with Gasteiger partial charge in [0.2, 0.25) is 0 Å². The zero-order valence-electron chi connectivity index (χ0n) is 9.87. The summed E-state index contributed by atoms with van der Waals surface area (Å²) in [7, 11) is 0. The fourth-order valence-corrected chi connectivity index (χ4v) is 3.00. The fourth-order valence-electron chi connectivity index (χ4n) is 3.00. The number of ether oxygens (including phenoxy) is 1. The molecule has 1 atom stereocenters. The van der Waals surface area contributed by atoms with Gasteiger partial charge in [-0.1, -0.05) is 19.8 Å². The van der Waals surface area contributed by atoms with Gasteiger partial charge in [-0.05, 0) is 43.9 Å². The van der Waals surface area contributed by atoms with E-state index in [2.05, 4.69) is 6.92 Å². The Morgan fingerprint density at radius 1 is 1.33 bits per heavy atom. The Labute approximate surface area is 93.0 Å². The zero-order valence-corrected chi connectivity index (χ0v) is 9.87. The second-order valence-electron chi connectivity index (χ2n) is 5.49. The molecule has 1 unspecified atom stereocenters. The largest absolute Gasteiger partial charge is 0.393 e. The molecule has 1 saturated carbocycles. The molecular formula is C13H24O2. The van der Waals surface area contributed by atoms with Crippen LogP contribution in [0, 0.1) is 5.41 Å². The van der Waals surface area contributed by atoms with Crippen molar-refractivity contribution in [1.29, 1.82) is 0 Å². The van der Waals surface area contributed by atoms with E-state index in [0.29, 0.717) is 11.5 Å². The number of aliphatic hydroxyl groups excluding tert-OH is 1. The van der Waals surface area contributed by atoms with E-state index in [1.165, 1.54) is 38.5 Å². The highest BCUT2D eigenvalue weighted by atomic mass is 16.5. The van der Waals surface area contributed by atoms with E-state index in [0.717, 1.165) is 19.4 Å². The standard InChI is InChI=1S/C13H24O2/c1-2-3-6-13(9-11(14)10-13)7-4-12-5-8-15-12/h11-12,14H,2-10H2,1H3. The molecule has 0 amide bonds. The highest BCUT2D eigenvalue weighted by molar-refractivity contribution is 4.94. The van der Waals surface area contributed by atoms with Crippen molar-refractivity contribution in [2.75, 3.05) is 6.61 Å². The molecule has 1 aliphatic carbocycles. The summed E-state index contributed by atoms with van der Waals surface area (Å²) in [6, 6.07) is 0. The molecule has 2 rings (SSSR count). The second-order valence-corrected chi connectivity index (χ2v) is 5.49. The monoisotopic (exact) mass is 212 g/mol. The predicted octanol–water partition coefficient (Wildman–Crippen LogP) is 2.89. The number of unbranched alkanes of at least 4 members (excludes halogenated alkanes) is 1. The first-order valence-corrected chi connectivity index (χ1v) is 6.54. The van der Waals surface area contributed by atoms with Gasteiger partial charge in [-0.2, -0.15) is 0 Å². The molecule has 0 bridgehead atoms. The van der Waals surface area contributed by atoms with Crippen LogP contribution in [0.4, 0.5) is 0 Å². The van der Waals surface area contributed by atoms with Crippen LogP contribution in [0.15, 0.2) is 0 Å². The van der Waals surface area contributed by atoms with Crippen molar-refractivity contribution in [3.63, 3.8) is 0 Å². The van der Waals surface area contributed by atoms with Crippen LogP contribution < -0.4 is 0 Å². The minimum absolute atomic E-state index is 0.0100. The van der Waals surface area contributed by atoms with Crippen molar-refractivity contribution in [2.45, 2.75) is 70.5 Å². The summed E-state index contributed by atoms with van der Waals surface area (Å²) in [5.41, 5.74) is 0.481. The van der Waals surface area contributed by atoms with Gasteiger partial charge in [-0.3, -0.25) is 0 Å². The van der Waals surface area contributed by atoms with Crippen LogP contribution in [0.1, 0.15) is 58.3 Å². The predicted molar refractivity (Wildman–Crippen MR) is 60.8 cm³/mol. The Hall–Kier alpha value is -0.0800. The van der Waals surface area contributed by atoms with E-state index in [4.69, 9.17) is 4.74 Å². The van der Waals surface area contributed by atoms with Crippen LogP contribution in [0.2, 0.25) is 0 Å². The van der Waals surface area contributed by atoms with Crippen molar-refractivity contribution >= 4 is 0 Å². The van der Waals surface area contributed by atoms with E-state index in [9.17, 15) is 5.11 Å². The third kappa shape index (κ3) is 2.73. The molecule has 2 heteroatoms. The topological polar surface area (TPSA) is 29.5 Å². The normalized spacial score (nSPS) is 39.6. The third-order valence-electron chi connectivity index (χ3n) is 4.19. The van der Waals surface area contributed by atoms with Crippen molar-refractivity contribution in [2.24, 2.45) is 5.41 Å². The van der Waals surface area contributed by atoms with Crippen LogP contribution in [0.5, 0.6) is 0 Å². The minimum Gasteiger partial charge on any atom is -0.393 e. The molecule has 0 radical (unpaired) electrons. The zero-order chi connectivity index (χ0) is 10.7. The average molecular weight is 212 g/mol. The lowest BCUT2D eigenvalue weighted by Crippen LogP contribution is -2.42. The maximum absolute atomic E-state index is 9.49. The van der Waals surface area contributed by atoms with Gasteiger partial charge in [0.25, 0.3) is 0 Å². The summed E-state index contributed by atoms with van der Waals surface area (Å²) in [6.45, 7) is 3.22. The van der Waals surface area contributed by atoms with Crippen molar-refractivity contribution in [3.05, 3.63) is 0 Å². The molecule has 0 aromatic rings. The van der Waals surface area contributed by atoms with Crippen molar-refractivity contribution < 1.29 is 9.84 Å². The lowest BCUT2D eigenvalue weighted by Gasteiger charge is -2.47. The van der Waals surface area contributed by atoms with Crippen molar-refractivity contribution in [1.82, 2.24) is 0 Å². The lowest BCUT2D eigenvalue weighted by molar-refractivity contribution is -0.0850. The van der Waals surface area contributed by atoms with Gasteiger partial charge in [-0.25, -0.2) is 0 Å². The third-order valence-corrected chi connectivity index (χ3v) is 4.19.